The number of rotatable bonds is 4. The largest absolute Gasteiger partial charge is 0.394 e. The van der Waals surface area contributed by atoms with Crippen LogP contribution in [0.4, 0.5) is 5.82 Å². The molecular weight excluding hydrogens is 350 g/mol. The van der Waals surface area contributed by atoms with Crippen LogP contribution in [0.25, 0.3) is 23.3 Å². The number of aromatic nitrogens is 4. The maximum absolute atomic E-state index is 10.4. The van der Waals surface area contributed by atoms with Crippen LogP contribution in [0, 0.1) is 0 Å². The number of fused-ring (bicyclic) bond motifs is 1. The number of benzene rings is 1. The molecule has 0 bridgehead atoms. The third kappa shape index (κ3) is 3.06. The van der Waals surface area contributed by atoms with Gasteiger partial charge in [-0.15, -0.1) is 0 Å². The van der Waals surface area contributed by atoms with Gasteiger partial charge in [0.25, 0.3) is 0 Å². The molecule has 1 aromatic carbocycles. The first-order valence-electron chi connectivity index (χ1n) is 8.44. The van der Waals surface area contributed by atoms with Crippen LogP contribution in [0.5, 0.6) is 0 Å². The first-order chi connectivity index (χ1) is 13.1. The van der Waals surface area contributed by atoms with E-state index in [2.05, 4.69) is 15.0 Å². The number of aliphatic hydroxyl groups excluding tert-OH is 3. The number of aliphatic hydroxyl groups is 3. The Bertz CT molecular complexity index is 975. The summed E-state index contributed by atoms with van der Waals surface area (Å²) >= 11 is 0. The van der Waals surface area contributed by atoms with Crippen LogP contribution >= 0.6 is 0 Å². The van der Waals surface area contributed by atoms with E-state index in [1.165, 1.54) is 6.33 Å². The van der Waals surface area contributed by atoms with E-state index in [1.54, 1.807) is 10.6 Å². The lowest BCUT2D eigenvalue weighted by Gasteiger charge is -2.18. The number of hydrogen-bond donors (Lipinski definition) is 4. The zero-order valence-corrected chi connectivity index (χ0v) is 14.3. The maximum atomic E-state index is 10.4. The predicted molar refractivity (Wildman–Crippen MR) is 98.1 cm³/mol. The van der Waals surface area contributed by atoms with Crippen molar-refractivity contribution in [2.45, 2.75) is 24.5 Å². The standard InChI is InChI=1S/C18H19N5O4/c19-16-13-17(21-9-20-16)23(18-15(26)14(25)11(8-24)27-18)12(22-13)7-6-10-4-2-1-3-5-10/h1-7,9,11,14-15,18,24-26H,8H2,(H2,19,20,21)/b7-6+. The predicted octanol–water partition coefficient (Wildman–Crippen LogP) is 0.190. The molecule has 0 saturated carbocycles. The molecule has 27 heavy (non-hydrogen) atoms. The highest BCUT2D eigenvalue weighted by molar-refractivity contribution is 5.84. The molecule has 4 atom stereocenters. The van der Waals surface area contributed by atoms with Crippen molar-refractivity contribution in [3.63, 3.8) is 0 Å². The Hall–Kier alpha value is -2.85. The SMILES string of the molecule is Nc1ncnc2c1nc(/C=C/c1ccccc1)n2C1OC(CO)C(O)C1O. The van der Waals surface area contributed by atoms with E-state index in [1.807, 2.05) is 36.4 Å². The number of ether oxygens (including phenoxy) is 1. The normalized spacial score (nSPS) is 25.6. The molecule has 1 aliphatic heterocycles. The average molecular weight is 369 g/mol. The first-order valence-corrected chi connectivity index (χ1v) is 8.44. The maximum Gasteiger partial charge on any atom is 0.168 e. The summed E-state index contributed by atoms with van der Waals surface area (Å²) in [6, 6.07) is 9.62. The van der Waals surface area contributed by atoms with Crippen LogP contribution in [-0.4, -0.2) is 59.8 Å². The monoisotopic (exact) mass is 369 g/mol. The van der Waals surface area contributed by atoms with Crippen molar-refractivity contribution < 1.29 is 20.1 Å². The molecule has 0 spiro atoms. The van der Waals surface area contributed by atoms with Crippen LogP contribution in [0.1, 0.15) is 17.6 Å². The Kier molecular flexibility index (Phi) is 4.58. The molecule has 1 fully saturated rings. The first kappa shape index (κ1) is 17.6. The van der Waals surface area contributed by atoms with E-state index in [4.69, 9.17) is 10.5 Å². The summed E-state index contributed by atoms with van der Waals surface area (Å²) in [5.41, 5.74) is 7.60. The molecule has 4 unspecified atom stereocenters. The van der Waals surface area contributed by atoms with Gasteiger partial charge in [0.2, 0.25) is 0 Å². The highest BCUT2D eigenvalue weighted by atomic mass is 16.6. The van der Waals surface area contributed by atoms with E-state index in [0.29, 0.717) is 17.0 Å². The van der Waals surface area contributed by atoms with Gasteiger partial charge in [-0.3, -0.25) is 4.57 Å². The minimum atomic E-state index is -1.26. The minimum Gasteiger partial charge on any atom is -0.394 e. The fraction of sp³-hybridized carbons (Fsp3) is 0.278. The zero-order chi connectivity index (χ0) is 19.0. The molecule has 4 rings (SSSR count). The molecule has 1 aliphatic rings. The summed E-state index contributed by atoms with van der Waals surface area (Å²) < 4.78 is 7.21. The Balaban J connectivity index is 1.83. The number of hydrogen-bond acceptors (Lipinski definition) is 8. The smallest absolute Gasteiger partial charge is 0.168 e. The minimum absolute atomic E-state index is 0.194. The quantitative estimate of drug-likeness (QED) is 0.511. The molecule has 3 aromatic rings. The van der Waals surface area contributed by atoms with Gasteiger partial charge in [-0.25, -0.2) is 15.0 Å². The van der Waals surface area contributed by atoms with Gasteiger partial charge in [-0.05, 0) is 11.6 Å². The lowest BCUT2D eigenvalue weighted by Crippen LogP contribution is -2.33. The second-order valence-electron chi connectivity index (χ2n) is 6.24. The van der Waals surface area contributed by atoms with Gasteiger partial charge < -0.3 is 25.8 Å². The van der Waals surface area contributed by atoms with Gasteiger partial charge in [0.1, 0.15) is 30.5 Å². The fourth-order valence-electron chi connectivity index (χ4n) is 3.14. The second-order valence-corrected chi connectivity index (χ2v) is 6.24. The molecule has 1 saturated heterocycles. The molecule has 140 valence electrons. The summed E-state index contributed by atoms with van der Waals surface area (Å²) in [5.74, 6) is 0.621. The molecule has 0 amide bonds. The molecule has 9 heteroatoms. The van der Waals surface area contributed by atoms with Crippen molar-refractivity contribution in [3.8, 4) is 0 Å². The summed E-state index contributed by atoms with van der Waals surface area (Å²) in [6.07, 6.45) is 0.497. The van der Waals surface area contributed by atoms with Crippen molar-refractivity contribution >= 4 is 29.1 Å². The summed E-state index contributed by atoms with van der Waals surface area (Å²) in [6.45, 7) is -0.423. The molecule has 0 radical (unpaired) electrons. The Morgan fingerprint density at radius 1 is 1.11 bits per heavy atom. The lowest BCUT2D eigenvalue weighted by atomic mass is 10.1. The van der Waals surface area contributed by atoms with E-state index in [9.17, 15) is 15.3 Å². The number of imidazole rings is 1. The van der Waals surface area contributed by atoms with Gasteiger partial charge in [0.15, 0.2) is 23.2 Å². The van der Waals surface area contributed by atoms with Crippen molar-refractivity contribution in [1.82, 2.24) is 19.5 Å². The summed E-state index contributed by atoms with van der Waals surface area (Å²) in [4.78, 5) is 12.6. The number of nitrogen functional groups attached to an aromatic ring is 1. The number of nitrogens with zero attached hydrogens (tertiary/aromatic N) is 4. The molecule has 0 aliphatic carbocycles. The second kappa shape index (κ2) is 7.05. The molecule has 2 aromatic heterocycles. The van der Waals surface area contributed by atoms with E-state index in [0.717, 1.165) is 5.56 Å². The summed E-state index contributed by atoms with van der Waals surface area (Å²) in [7, 11) is 0. The van der Waals surface area contributed by atoms with Gasteiger partial charge in [-0.1, -0.05) is 36.4 Å². The molecule has 5 N–H and O–H groups in total. The van der Waals surface area contributed by atoms with Crippen molar-refractivity contribution in [3.05, 3.63) is 48.0 Å². The van der Waals surface area contributed by atoms with Crippen molar-refractivity contribution in [1.29, 1.82) is 0 Å². The highest BCUT2D eigenvalue weighted by Gasteiger charge is 2.44. The number of anilines is 1. The van der Waals surface area contributed by atoms with Gasteiger partial charge in [-0.2, -0.15) is 0 Å². The van der Waals surface area contributed by atoms with Crippen molar-refractivity contribution in [2.75, 3.05) is 12.3 Å². The van der Waals surface area contributed by atoms with Gasteiger partial charge >= 0.3 is 0 Å². The van der Waals surface area contributed by atoms with Crippen LogP contribution < -0.4 is 5.73 Å². The number of nitrogens with two attached hydrogens (primary N) is 1. The Morgan fingerprint density at radius 3 is 2.59 bits per heavy atom. The lowest BCUT2D eigenvalue weighted by molar-refractivity contribution is -0.0513. The Morgan fingerprint density at radius 2 is 1.89 bits per heavy atom. The highest BCUT2D eigenvalue weighted by Crippen LogP contribution is 2.33. The average Bonchev–Trinajstić information content (AvgIpc) is 3.19. The van der Waals surface area contributed by atoms with Crippen LogP contribution in [0.2, 0.25) is 0 Å². The third-order valence-corrected chi connectivity index (χ3v) is 4.53. The van der Waals surface area contributed by atoms with Crippen molar-refractivity contribution in [2.24, 2.45) is 0 Å². The summed E-state index contributed by atoms with van der Waals surface area (Å²) in [5, 5.41) is 29.9. The molecular formula is C18H19N5O4. The van der Waals surface area contributed by atoms with Gasteiger partial charge in [0, 0.05) is 0 Å². The van der Waals surface area contributed by atoms with Gasteiger partial charge in [0.05, 0.1) is 6.61 Å². The topological polar surface area (TPSA) is 140 Å². The van der Waals surface area contributed by atoms with Crippen LogP contribution in [0.15, 0.2) is 36.7 Å². The zero-order valence-electron chi connectivity index (χ0n) is 14.3. The Labute approximate surface area is 154 Å². The molecule has 9 nitrogen and oxygen atoms in total. The fourth-order valence-corrected chi connectivity index (χ4v) is 3.14. The molecule has 3 heterocycles. The third-order valence-electron chi connectivity index (χ3n) is 4.53. The van der Waals surface area contributed by atoms with E-state index >= 15 is 0 Å². The van der Waals surface area contributed by atoms with E-state index < -0.39 is 31.1 Å². The van der Waals surface area contributed by atoms with Crippen LogP contribution in [-0.2, 0) is 4.74 Å². The van der Waals surface area contributed by atoms with E-state index in [-0.39, 0.29) is 5.82 Å². The van der Waals surface area contributed by atoms with Crippen LogP contribution in [0.3, 0.4) is 0 Å².